The van der Waals surface area contributed by atoms with E-state index in [1.165, 1.54) is 10.5 Å². The molecule has 0 saturated carbocycles. The molecule has 0 bridgehead atoms. The first-order valence-electron chi connectivity index (χ1n) is 3.27. The maximum atomic E-state index is 3.20. The normalized spacial score (nSPS) is 14.8. The number of hydrogen-bond acceptors (Lipinski definition) is 1. The molecule has 1 radical (unpaired) electrons. The van der Waals surface area contributed by atoms with E-state index >= 15 is 0 Å². The predicted molar refractivity (Wildman–Crippen MR) is 45.0 cm³/mol. The van der Waals surface area contributed by atoms with Crippen molar-refractivity contribution in [3.05, 3.63) is 35.9 Å². The van der Waals surface area contributed by atoms with Crippen molar-refractivity contribution in [3.63, 3.8) is 0 Å². The van der Waals surface area contributed by atoms with Crippen LogP contribution in [0.1, 0.15) is 5.56 Å². The molecule has 0 nitrogen and oxygen atoms in total. The second kappa shape index (κ2) is 2.51. The van der Waals surface area contributed by atoms with Gasteiger partial charge in [-0.2, -0.15) is 0 Å². The van der Waals surface area contributed by atoms with Gasteiger partial charge in [-0.1, -0.05) is 30.4 Å². The van der Waals surface area contributed by atoms with Gasteiger partial charge in [0.25, 0.3) is 0 Å². The average Bonchev–Trinajstić information content (AvgIpc) is 2.05. The zero-order valence-corrected chi connectivity index (χ0v) is 6.32. The van der Waals surface area contributed by atoms with E-state index in [1.807, 2.05) is 23.9 Å². The minimum absolute atomic E-state index is 1.09. The number of fused-ring (bicyclic) bond motifs is 1. The fraction of sp³-hybridized carbons (Fsp3) is 0.111. The fourth-order valence-corrected chi connectivity index (χ4v) is 1.81. The fourth-order valence-electron chi connectivity index (χ4n) is 0.997. The van der Waals surface area contributed by atoms with Crippen LogP contribution in [-0.4, -0.2) is 5.75 Å². The third kappa shape index (κ3) is 0.971. The largest absolute Gasteiger partial charge is 0.121 e. The monoisotopic (exact) mass is 147 g/mol. The molecule has 0 fully saturated rings. The molecule has 0 N–H and O–H groups in total. The minimum atomic E-state index is 1.09. The van der Waals surface area contributed by atoms with E-state index in [-0.39, 0.29) is 0 Å². The number of benzene rings is 1. The first kappa shape index (κ1) is 6.05. The Labute approximate surface area is 65.0 Å². The van der Waals surface area contributed by atoms with Gasteiger partial charge in [0.05, 0.1) is 0 Å². The number of thioether (sulfide) groups is 1. The summed E-state index contributed by atoms with van der Waals surface area (Å²) in [5.74, 6) is 1.09. The standard InChI is InChI=1S/C9H7S/c1-2-6-9-8(4-1)5-3-7-10-9/h1-5H,7H2. The highest BCUT2D eigenvalue weighted by molar-refractivity contribution is 7.99. The molecule has 0 unspecified atom stereocenters. The average molecular weight is 147 g/mol. The van der Waals surface area contributed by atoms with Crippen molar-refractivity contribution in [2.24, 2.45) is 0 Å². The Balaban J connectivity index is 2.54. The van der Waals surface area contributed by atoms with Gasteiger partial charge < -0.3 is 0 Å². The van der Waals surface area contributed by atoms with E-state index in [1.54, 1.807) is 0 Å². The second-order valence-electron chi connectivity index (χ2n) is 2.17. The van der Waals surface area contributed by atoms with Crippen molar-refractivity contribution in [2.45, 2.75) is 4.90 Å². The summed E-state index contributed by atoms with van der Waals surface area (Å²) in [6, 6.07) is 9.31. The molecule has 0 spiro atoms. The maximum Gasteiger partial charge on any atom is 0.0226 e. The molecule has 0 atom stereocenters. The van der Waals surface area contributed by atoms with Gasteiger partial charge in [-0.05, 0) is 11.6 Å². The molecule has 0 saturated heterocycles. The highest BCUT2D eigenvalue weighted by Crippen LogP contribution is 2.26. The van der Waals surface area contributed by atoms with Crippen LogP contribution in [0.25, 0.3) is 6.08 Å². The van der Waals surface area contributed by atoms with Gasteiger partial charge in [0.2, 0.25) is 0 Å². The summed E-state index contributed by atoms with van der Waals surface area (Å²) in [6.45, 7) is 0. The minimum Gasteiger partial charge on any atom is -0.121 e. The molecule has 1 aliphatic heterocycles. The summed E-state index contributed by atoms with van der Waals surface area (Å²) in [5.41, 5.74) is 1.30. The number of hydrogen-bond donors (Lipinski definition) is 0. The van der Waals surface area contributed by atoms with Gasteiger partial charge in [-0.15, -0.1) is 11.8 Å². The van der Waals surface area contributed by atoms with Crippen molar-refractivity contribution in [3.8, 4) is 0 Å². The highest BCUT2D eigenvalue weighted by Gasteiger charge is 2.01. The molecule has 1 aromatic carbocycles. The Kier molecular flexibility index (Phi) is 1.52. The van der Waals surface area contributed by atoms with Crippen LogP contribution < -0.4 is 0 Å². The van der Waals surface area contributed by atoms with E-state index in [4.69, 9.17) is 0 Å². The van der Waals surface area contributed by atoms with E-state index in [0.29, 0.717) is 0 Å². The van der Waals surface area contributed by atoms with Gasteiger partial charge in [0.1, 0.15) is 0 Å². The highest BCUT2D eigenvalue weighted by atomic mass is 32.2. The zero-order chi connectivity index (χ0) is 6.81. The lowest BCUT2D eigenvalue weighted by Gasteiger charge is -2.06. The third-order valence-corrected chi connectivity index (χ3v) is 2.47. The van der Waals surface area contributed by atoms with Gasteiger partial charge >= 0.3 is 0 Å². The van der Waals surface area contributed by atoms with Crippen molar-refractivity contribution in [2.75, 3.05) is 5.75 Å². The zero-order valence-electron chi connectivity index (χ0n) is 5.50. The predicted octanol–water partition coefficient (Wildman–Crippen LogP) is 2.61. The Bertz CT molecular complexity index is 263. The smallest absolute Gasteiger partial charge is 0.0226 e. The van der Waals surface area contributed by atoms with E-state index in [9.17, 15) is 0 Å². The van der Waals surface area contributed by atoms with E-state index < -0.39 is 0 Å². The SMILES string of the molecule is [c]1cccc2c1SCC=C2. The van der Waals surface area contributed by atoms with Crippen molar-refractivity contribution >= 4 is 17.8 Å². The Hall–Kier alpha value is -0.690. The van der Waals surface area contributed by atoms with Crippen LogP contribution >= 0.6 is 11.8 Å². The molecular weight excluding hydrogens is 140 g/mol. The molecule has 1 heteroatoms. The first-order valence-corrected chi connectivity index (χ1v) is 4.25. The number of rotatable bonds is 0. The van der Waals surface area contributed by atoms with E-state index in [0.717, 1.165) is 5.75 Å². The van der Waals surface area contributed by atoms with Crippen molar-refractivity contribution in [1.82, 2.24) is 0 Å². The molecule has 1 aliphatic rings. The van der Waals surface area contributed by atoms with Crippen LogP contribution in [-0.2, 0) is 0 Å². The maximum absolute atomic E-state index is 3.20. The van der Waals surface area contributed by atoms with Crippen LogP contribution in [0.2, 0.25) is 0 Å². The van der Waals surface area contributed by atoms with Crippen LogP contribution in [0, 0.1) is 6.07 Å². The quantitative estimate of drug-likeness (QED) is 0.543. The summed E-state index contributed by atoms with van der Waals surface area (Å²) < 4.78 is 0. The summed E-state index contributed by atoms with van der Waals surface area (Å²) in [5, 5.41) is 0. The second-order valence-corrected chi connectivity index (χ2v) is 3.20. The molecule has 0 amide bonds. The Morgan fingerprint density at radius 3 is 3.40 bits per heavy atom. The lowest BCUT2D eigenvalue weighted by Crippen LogP contribution is -1.85. The summed E-state index contributed by atoms with van der Waals surface area (Å²) in [4.78, 5) is 1.28. The summed E-state index contributed by atoms with van der Waals surface area (Å²) in [7, 11) is 0. The van der Waals surface area contributed by atoms with Crippen LogP contribution in [0.3, 0.4) is 0 Å². The Morgan fingerprint density at radius 2 is 2.50 bits per heavy atom. The van der Waals surface area contributed by atoms with Crippen LogP contribution in [0.4, 0.5) is 0 Å². The third-order valence-electron chi connectivity index (χ3n) is 1.47. The first-order chi connectivity index (χ1) is 4.97. The molecule has 10 heavy (non-hydrogen) atoms. The molecule has 0 aliphatic carbocycles. The van der Waals surface area contributed by atoms with Crippen molar-refractivity contribution in [1.29, 1.82) is 0 Å². The van der Waals surface area contributed by atoms with Crippen LogP contribution in [0.5, 0.6) is 0 Å². The molecule has 0 aromatic heterocycles. The molecule has 1 aromatic rings. The van der Waals surface area contributed by atoms with Gasteiger partial charge in [-0.3, -0.25) is 0 Å². The summed E-state index contributed by atoms with van der Waals surface area (Å²) >= 11 is 1.85. The van der Waals surface area contributed by atoms with Crippen molar-refractivity contribution < 1.29 is 0 Å². The van der Waals surface area contributed by atoms with Crippen LogP contribution in [0.15, 0.2) is 29.2 Å². The molecular formula is C9H7S. The van der Waals surface area contributed by atoms with Gasteiger partial charge in [0, 0.05) is 10.6 Å². The molecule has 2 rings (SSSR count). The van der Waals surface area contributed by atoms with Gasteiger partial charge in [-0.25, -0.2) is 0 Å². The lowest BCUT2D eigenvalue weighted by atomic mass is 10.2. The lowest BCUT2D eigenvalue weighted by molar-refractivity contribution is 1.39. The molecule has 1 heterocycles. The Morgan fingerprint density at radius 1 is 1.50 bits per heavy atom. The summed E-state index contributed by atoms with van der Waals surface area (Å²) in [6.07, 6.45) is 4.34. The molecule has 49 valence electrons. The van der Waals surface area contributed by atoms with Gasteiger partial charge in [0.15, 0.2) is 0 Å². The van der Waals surface area contributed by atoms with E-state index in [2.05, 4.69) is 24.3 Å². The topological polar surface area (TPSA) is 0 Å².